The van der Waals surface area contributed by atoms with Crippen LogP contribution in [0.5, 0.6) is 0 Å². The molecule has 150 valence electrons. The molecule has 2 N–H and O–H groups in total. The van der Waals surface area contributed by atoms with Gasteiger partial charge in [-0.25, -0.2) is 9.38 Å². The van der Waals surface area contributed by atoms with Crippen LogP contribution in [0, 0.1) is 5.82 Å². The first kappa shape index (κ1) is 19.5. The van der Waals surface area contributed by atoms with Crippen molar-refractivity contribution >= 4 is 23.4 Å². The van der Waals surface area contributed by atoms with E-state index in [0.29, 0.717) is 40.6 Å². The van der Waals surface area contributed by atoms with Crippen LogP contribution in [-0.2, 0) is 21.4 Å². The molecule has 0 bridgehead atoms. The minimum absolute atomic E-state index is 0.0145. The van der Waals surface area contributed by atoms with E-state index >= 15 is 0 Å². The van der Waals surface area contributed by atoms with Crippen LogP contribution in [0.15, 0.2) is 52.9 Å². The van der Waals surface area contributed by atoms with E-state index in [4.69, 9.17) is 26.8 Å². The number of nitrogens with two attached hydrogens (primary N) is 1. The van der Waals surface area contributed by atoms with Crippen LogP contribution in [0.1, 0.15) is 35.0 Å². The lowest BCUT2D eigenvalue weighted by Crippen LogP contribution is -2.38. The third-order valence-electron chi connectivity index (χ3n) is 5.14. The molecule has 0 spiro atoms. The summed E-state index contributed by atoms with van der Waals surface area (Å²) < 4.78 is 26.0. The number of amidine groups is 1. The number of ether oxygens (including phenoxy) is 2. The van der Waals surface area contributed by atoms with Gasteiger partial charge in [0.05, 0.1) is 18.2 Å². The average molecular weight is 416 g/mol. The SMILES string of the molecule is C[C@]1(c2cc(CC(=O)c3ccc(Cl)cn3)ccc2F)N=C(N)OC2=C1COCC2. The summed E-state index contributed by atoms with van der Waals surface area (Å²) in [5, 5.41) is 0.451. The zero-order valence-electron chi connectivity index (χ0n) is 15.7. The Balaban J connectivity index is 1.69. The highest BCUT2D eigenvalue weighted by Crippen LogP contribution is 2.42. The monoisotopic (exact) mass is 415 g/mol. The average Bonchev–Trinajstić information content (AvgIpc) is 2.69. The van der Waals surface area contributed by atoms with Crippen LogP contribution in [0.4, 0.5) is 4.39 Å². The molecule has 0 aliphatic carbocycles. The Morgan fingerprint density at radius 1 is 1.34 bits per heavy atom. The van der Waals surface area contributed by atoms with Crippen molar-refractivity contribution in [2.45, 2.75) is 25.3 Å². The number of nitrogens with zero attached hydrogens (tertiary/aromatic N) is 2. The second kappa shape index (κ2) is 7.57. The Kier molecular flexibility index (Phi) is 5.10. The standard InChI is InChI=1S/C21H19ClFN3O3/c1-21(15-11-28-7-6-19(15)29-20(24)26-21)14-8-12(2-4-16(14)23)9-18(27)17-5-3-13(22)10-25-17/h2-5,8,10H,6-7,9,11H2,1H3,(H2,24,26)/t21-/m1/s1. The fourth-order valence-electron chi connectivity index (χ4n) is 3.63. The van der Waals surface area contributed by atoms with Crippen LogP contribution in [0.2, 0.25) is 5.02 Å². The second-order valence-corrected chi connectivity index (χ2v) is 7.54. The second-order valence-electron chi connectivity index (χ2n) is 7.10. The maximum absolute atomic E-state index is 14.9. The molecule has 0 fully saturated rings. The van der Waals surface area contributed by atoms with Gasteiger partial charge in [0.15, 0.2) is 5.78 Å². The van der Waals surface area contributed by atoms with Gasteiger partial charge < -0.3 is 15.2 Å². The van der Waals surface area contributed by atoms with E-state index in [2.05, 4.69) is 9.98 Å². The van der Waals surface area contributed by atoms with Crippen molar-refractivity contribution in [2.75, 3.05) is 13.2 Å². The normalized spacial score (nSPS) is 21.3. The van der Waals surface area contributed by atoms with Gasteiger partial charge in [-0.2, -0.15) is 0 Å². The number of pyridine rings is 1. The smallest absolute Gasteiger partial charge is 0.288 e. The van der Waals surface area contributed by atoms with E-state index in [1.807, 2.05) is 0 Å². The van der Waals surface area contributed by atoms with Gasteiger partial charge in [-0.05, 0) is 36.8 Å². The molecule has 2 aliphatic heterocycles. The van der Waals surface area contributed by atoms with E-state index in [0.717, 1.165) is 5.57 Å². The van der Waals surface area contributed by atoms with Gasteiger partial charge in [-0.3, -0.25) is 9.78 Å². The number of Topliss-reactive ketones (excluding diaryl/α,β-unsaturated/α-hetero) is 1. The van der Waals surface area contributed by atoms with Gasteiger partial charge in [0.1, 0.15) is 22.8 Å². The highest BCUT2D eigenvalue weighted by Gasteiger charge is 2.41. The van der Waals surface area contributed by atoms with Gasteiger partial charge >= 0.3 is 0 Å². The van der Waals surface area contributed by atoms with Gasteiger partial charge in [-0.15, -0.1) is 0 Å². The lowest BCUT2D eigenvalue weighted by Gasteiger charge is -2.36. The van der Waals surface area contributed by atoms with Crippen molar-refractivity contribution in [3.8, 4) is 0 Å². The minimum Gasteiger partial charge on any atom is -0.431 e. The first-order valence-corrected chi connectivity index (χ1v) is 9.51. The third kappa shape index (κ3) is 3.75. The number of benzene rings is 1. The number of aromatic nitrogens is 1. The zero-order valence-corrected chi connectivity index (χ0v) is 16.5. The highest BCUT2D eigenvalue weighted by atomic mass is 35.5. The number of rotatable bonds is 4. The number of carbonyl (C=O) groups is 1. The van der Waals surface area contributed by atoms with E-state index in [-0.39, 0.29) is 24.8 Å². The Hall–Kier alpha value is -2.77. The third-order valence-corrected chi connectivity index (χ3v) is 5.36. The summed E-state index contributed by atoms with van der Waals surface area (Å²) in [4.78, 5) is 21.0. The summed E-state index contributed by atoms with van der Waals surface area (Å²) >= 11 is 5.82. The molecule has 0 saturated carbocycles. The number of ketones is 1. The van der Waals surface area contributed by atoms with Crippen molar-refractivity contribution < 1.29 is 18.7 Å². The molecule has 1 atom stereocenters. The van der Waals surface area contributed by atoms with Crippen LogP contribution < -0.4 is 5.73 Å². The Morgan fingerprint density at radius 2 is 2.17 bits per heavy atom. The summed E-state index contributed by atoms with van der Waals surface area (Å²) in [5.74, 6) is 0.0296. The molecule has 1 aromatic heterocycles. The minimum atomic E-state index is -1.07. The number of hydrogen-bond donors (Lipinski definition) is 1. The summed E-state index contributed by atoms with van der Waals surface area (Å²) in [6.07, 6.45) is 2.03. The van der Waals surface area contributed by atoms with E-state index < -0.39 is 11.4 Å². The van der Waals surface area contributed by atoms with Crippen molar-refractivity contribution in [1.29, 1.82) is 0 Å². The van der Waals surface area contributed by atoms with E-state index in [1.165, 1.54) is 12.3 Å². The van der Waals surface area contributed by atoms with Crippen molar-refractivity contribution in [3.05, 3.63) is 75.5 Å². The van der Waals surface area contributed by atoms with Crippen LogP contribution in [0.3, 0.4) is 0 Å². The fourth-order valence-corrected chi connectivity index (χ4v) is 3.74. The molecular formula is C21H19ClFN3O3. The lowest BCUT2D eigenvalue weighted by atomic mass is 9.81. The Labute approximate surface area is 172 Å². The van der Waals surface area contributed by atoms with E-state index in [9.17, 15) is 9.18 Å². The molecule has 1 aromatic carbocycles. The molecule has 4 rings (SSSR count). The Bertz CT molecular complexity index is 1040. The lowest BCUT2D eigenvalue weighted by molar-refractivity contribution is 0.0987. The molecule has 0 radical (unpaired) electrons. The van der Waals surface area contributed by atoms with Crippen molar-refractivity contribution in [2.24, 2.45) is 10.7 Å². The topological polar surface area (TPSA) is 86.8 Å². The fraction of sp³-hybridized carbons (Fsp3) is 0.286. The van der Waals surface area contributed by atoms with Crippen LogP contribution in [-0.4, -0.2) is 30.0 Å². The van der Waals surface area contributed by atoms with Gasteiger partial charge in [0, 0.05) is 30.2 Å². The molecule has 0 unspecified atom stereocenters. The molecule has 8 heteroatoms. The summed E-state index contributed by atoms with van der Waals surface area (Å²) in [7, 11) is 0. The van der Waals surface area contributed by atoms with Crippen molar-refractivity contribution in [3.63, 3.8) is 0 Å². The quantitative estimate of drug-likeness (QED) is 0.772. The summed E-state index contributed by atoms with van der Waals surface area (Å²) in [5.41, 5.74) is 6.79. The predicted octanol–water partition coefficient (Wildman–Crippen LogP) is 3.53. The summed E-state index contributed by atoms with van der Waals surface area (Å²) in [6, 6.07) is 7.72. The van der Waals surface area contributed by atoms with Gasteiger partial charge in [-0.1, -0.05) is 17.7 Å². The van der Waals surface area contributed by atoms with E-state index in [1.54, 1.807) is 31.2 Å². The molecule has 3 heterocycles. The zero-order chi connectivity index (χ0) is 20.6. The molecule has 0 saturated heterocycles. The summed E-state index contributed by atoms with van der Waals surface area (Å²) in [6.45, 7) is 2.56. The molecule has 29 heavy (non-hydrogen) atoms. The molecule has 6 nitrogen and oxygen atoms in total. The molecular weight excluding hydrogens is 397 g/mol. The maximum Gasteiger partial charge on any atom is 0.288 e. The van der Waals surface area contributed by atoms with Gasteiger partial charge in [0.25, 0.3) is 6.02 Å². The van der Waals surface area contributed by atoms with Crippen LogP contribution in [0.25, 0.3) is 0 Å². The number of hydrogen-bond acceptors (Lipinski definition) is 6. The molecule has 2 aliphatic rings. The molecule has 0 amide bonds. The maximum atomic E-state index is 14.9. The number of aliphatic imine (C=N–C) groups is 1. The largest absolute Gasteiger partial charge is 0.431 e. The van der Waals surface area contributed by atoms with Crippen LogP contribution >= 0.6 is 11.6 Å². The first-order chi connectivity index (χ1) is 13.9. The first-order valence-electron chi connectivity index (χ1n) is 9.14. The predicted molar refractivity (Wildman–Crippen MR) is 106 cm³/mol. The number of halogens is 2. The molecule has 2 aromatic rings. The Morgan fingerprint density at radius 3 is 2.93 bits per heavy atom. The van der Waals surface area contributed by atoms with Crippen molar-refractivity contribution in [1.82, 2.24) is 4.98 Å². The highest BCUT2D eigenvalue weighted by molar-refractivity contribution is 6.30. The number of carbonyl (C=O) groups excluding carboxylic acids is 1. The van der Waals surface area contributed by atoms with Gasteiger partial charge in [0.2, 0.25) is 0 Å².